The lowest BCUT2D eigenvalue weighted by Gasteiger charge is -2.02. The Morgan fingerprint density at radius 2 is 2.38 bits per heavy atom. The van der Waals surface area contributed by atoms with E-state index in [1.807, 2.05) is 18.2 Å². The Balaban J connectivity index is 2.25. The van der Waals surface area contributed by atoms with Gasteiger partial charge in [-0.3, -0.25) is 9.48 Å². The van der Waals surface area contributed by atoms with E-state index in [2.05, 4.69) is 25.8 Å². The van der Waals surface area contributed by atoms with E-state index in [9.17, 15) is 4.79 Å². The Labute approximate surface area is 101 Å². The van der Waals surface area contributed by atoms with Crippen molar-refractivity contribution in [1.29, 1.82) is 0 Å². The van der Waals surface area contributed by atoms with Gasteiger partial charge in [-0.15, -0.1) is 0 Å². The number of hydrogen-bond donors (Lipinski definition) is 0. The minimum Gasteiger partial charge on any atom is -0.469 e. The molecular weight excluding hydrogens is 272 g/mol. The molecule has 0 unspecified atom stereocenters. The standard InChI is InChI=1S/C11H11BrN2O2/c1-16-11(15)5-6-14-10-4-2-3-9(12)8(10)7-13-14/h2-4,7H,5-6H2,1H3. The van der Waals surface area contributed by atoms with Crippen LogP contribution in [0.15, 0.2) is 28.9 Å². The minimum absolute atomic E-state index is 0.223. The molecular formula is C11H11BrN2O2. The van der Waals surface area contributed by atoms with Gasteiger partial charge in [-0.25, -0.2) is 0 Å². The molecule has 1 heterocycles. The van der Waals surface area contributed by atoms with Gasteiger partial charge in [0, 0.05) is 9.86 Å². The van der Waals surface area contributed by atoms with E-state index in [4.69, 9.17) is 0 Å². The minimum atomic E-state index is -0.223. The molecule has 0 bridgehead atoms. The summed E-state index contributed by atoms with van der Waals surface area (Å²) in [6.07, 6.45) is 2.12. The van der Waals surface area contributed by atoms with Gasteiger partial charge >= 0.3 is 5.97 Å². The molecule has 0 amide bonds. The molecule has 5 heteroatoms. The average Bonchev–Trinajstić information content (AvgIpc) is 2.70. The highest BCUT2D eigenvalue weighted by Gasteiger charge is 2.07. The van der Waals surface area contributed by atoms with Crippen LogP contribution in [0.2, 0.25) is 0 Å². The van der Waals surface area contributed by atoms with Gasteiger partial charge in [-0.1, -0.05) is 22.0 Å². The molecule has 0 aliphatic carbocycles. The maximum atomic E-state index is 11.0. The zero-order chi connectivity index (χ0) is 11.5. The molecule has 0 saturated heterocycles. The van der Waals surface area contributed by atoms with Gasteiger partial charge in [0.1, 0.15) is 0 Å². The molecule has 2 rings (SSSR count). The van der Waals surface area contributed by atoms with Crippen LogP contribution in [-0.2, 0) is 16.1 Å². The van der Waals surface area contributed by atoms with Crippen LogP contribution in [-0.4, -0.2) is 22.9 Å². The summed E-state index contributed by atoms with van der Waals surface area (Å²) < 4.78 is 7.41. The largest absolute Gasteiger partial charge is 0.469 e. The van der Waals surface area contributed by atoms with E-state index in [1.54, 1.807) is 10.9 Å². The van der Waals surface area contributed by atoms with Gasteiger partial charge in [0.25, 0.3) is 0 Å². The highest BCUT2D eigenvalue weighted by molar-refractivity contribution is 9.10. The molecule has 0 N–H and O–H groups in total. The Morgan fingerprint density at radius 1 is 1.56 bits per heavy atom. The van der Waals surface area contributed by atoms with Gasteiger partial charge in [-0.05, 0) is 12.1 Å². The molecule has 1 aromatic carbocycles. The van der Waals surface area contributed by atoms with Crippen molar-refractivity contribution >= 4 is 32.8 Å². The fraction of sp³-hybridized carbons (Fsp3) is 0.273. The third-order valence-electron chi connectivity index (χ3n) is 2.39. The Bertz CT molecular complexity index is 522. The van der Waals surface area contributed by atoms with Crippen molar-refractivity contribution in [3.8, 4) is 0 Å². The normalized spacial score (nSPS) is 10.6. The first-order valence-electron chi connectivity index (χ1n) is 4.89. The fourth-order valence-electron chi connectivity index (χ4n) is 1.55. The van der Waals surface area contributed by atoms with Crippen LogP contribution in [0.3, 0.4) is 0 Å². The second-order valence-electron chi connectivity index (χ2n) is 3.37. The van der Waals surface area contributed by atoms with Crippen LogP contribution in [0.1, 0.15) is 6.42 Å². The van der Waals surface area contributed by atoms with Crippen LogP contribution in [0.25, 0.3) is 10.9 Å². The Morgan fingerprint density at radius 3 is 3.12 bits per heavy atom. The zero-order valence-corrected chi connectivity index (χ0v) is 10.4. The third kappa shape index (κ3) is 2.09. The number of halogens is 1. The van der Waals surface area contributed by atoms with Crippen molar-refractivity contribution in [2.24, 2.45) is 0 Å². The number of nitrogens with zero attached hydrogens (tertiary/aromatic N) is 2. The number of aryl methyl sites for hydroxylation is 1. The first-order chi connectivity index (χ1) is 7.72. The topological polar surface area (TPSA) is 44.1 Å². The second-order valence-corrected chi connectivity index (χ2v) is 4.22. The lowest BCUT2D eigenvalue weighted by atomic mass is 10.2. The third-order valence-corrected chi connectivity index (χ3v) is 3.08. The predicted octanol–water partition coefficient (Wildman–Crippen LogP) is 2.36. The van der Waals surface area contributed by atoms with Crippen LogP contribution in [0, 0.1) is 0 Å². The number of fused-ring (bicyclic) bond motifs is 1. The number of benzene rings is 1. The van der Waals surface area contributed by atoms with Crippen molar-refractivity contribution in [3.63, 3.8) is 0 Å². The Kier molecular flexibility index (Phi) is 3.24. The zero-order valence-electron chi connectivity index (χ0n) is 8.81. The number of hydrogen-bond acceptors (Lipinski definition) is 3. The number of carbonyl (C=O) groups excluding carboxylic acids is 1. The van der Waals surface area contributed by atoms with Gasteiger partial charge in [0.15, 0.2) is 0 Å². The van der Waals surface area contributed by atoms with Crippen molar-refractivity contribution < 1.29 is 9.53 Å². The first-order valence-corrected chi connectivity index (χ1v) is 5.68. The summed E-state index contributed by atoms with van der Waals surface area (Å²) in [6, 6.07) is 5.89. The van der Waals surface area contributed by atoms with E-state index >= 15 is 0 Å². The summed E-state index contributed by atoms with van der Waals surface area (Å²) in [4.78, 5) is 11.0. The predicted molar refractivity (Wildman–Crippen MR) is 64.1 cm³/mol. The highest BCUT2D eigenvalue weighted by Crippen LogP contribution is 2.23. The van der Waals surface area contributed by atoms with Gasteiger partial charge in [0.2, 0.25) is 0 Å². The molecule has 1 aromatic heterocycles. The molecule has 0 aliphatic heterocycles. The van der Waals surface area contributed by atoms with Crippen molar-refractivity contribution in [1.82, 2.24) is 9.78 Å². The van der Waals surface area contributed by atoms with Crippen LogP contribution in [0.5, 0.6) is 0 Å². The molecule has 0 aliphatic rings. The first kappa shape index (κ1) is 11.1. The van der Waals surface area contributed by atoms with Gasteiger partial charge in [0.05, 0.1) is 31.8 Å². The molecule has 16 heavy (non-hydrogen) atoms. The number of carbonyl (C=O) groups is 1. The van der Waals surface area contributed by atoms with E-state index < -0.39 is 0 Å². The summed E-state index contributed by atoms with van der Waals surface area (Å²) in [7, 11) is 1.39. The van der Waals surface area contributed by atoms with Crippen LogP contribution >= 0.6 is 15.9 Å². The van der Waals surface area contributed by atoms with Crippen LogP contribution in [0.4, 0.5) is 0 Å². The van der Waals surface area contributed by atoms with E-state index in [0.29, 0.717) is 13.0 Å². The van der Waals surface area contributed by atoms with Crippen LogP contribution < -0.4 is 0 Å². The molecule has 0 saturated carbocycles. The number of rotatable bonds is 3. The van der Waals surface area contributed by atoms with Crippen molar-refractivity contribution in [2.45, 2.75) is 13.0 Å². The Hall–Kier alpha value is -1.36. The monoisotopic (exact) mass is 282 g/mol. The summed E-state index contributed by atoms with van der Waals surface area (Å²) in [5.41, 5.74) is 1.01. The van der Waals surface area contributed by atoms with E-state index in [0.717, 1.165) is 15.4 Å². The highest BCUT2D eigenvalue weighted by atomic mass is 79.9. The van der Waals surface area contributed by atoms with Crippen molar-refractivity contribution in [3.05, 3.63) is 28.9 Å². The van der Waals surface area contributed by atoms with Crippen molar-refractivity contribution in [2.75, 3.05) is 7.11 Å². The fourth-order valence-corrected chi connectivity index (χ4v) is 2.00. The second kappa shape index (κ2) is 4.65. The molecule has 4 nitrogen and oxygen atoms in total. The molecule has 2 aromatic rings. The maximum absolute atomic E-state index is 11.0. The molecule has 0 spiro atoms. The van der Waals surface area contributed by atoms with E-state index in [1.165, 1.54) is 7.11 Å². The number of methoxy groups -OCH3 is 1. The van der Waals surface area contributed by atoms with Gasteiger partial charge in [-0.2, -0.15) is 5.10 Å². The summed E-state index contributed by atoms with van der Waals surface area (Å²) in [5.74, 6) is -0.223. The lowest BCUT2D eigenvalue weighted by molar-refractivity contribution is -0.140. The molecule has 0 atom stereocenters. The summed E-state index contributed by atoms with van der Waals surface area (Å²) in [6.45, 7) is 0.534. The number of aromatic nitrogens is 2. The number of esters is 1. The SMILES string of the molecule is COC(=O)CCn1ncc2c(Br)cccc21. The average molecular weight is 283 g/mol. The van der Waals surface area contributed by atoms with E-state index in [-0.39, 0.29) is 5.97 Å². The smallest absolute Gasteiger partial charge is 0.307 e. The summed E-state index contributed by atoms with van der Waals surface area (Å²) in [5, 5.41) is 5.29. The lowest BCUT2D eigenvalue weighted by Crippen LogP contribution is -2.07. The van der Waals surface area contributed by atoms with Gasteiger partial charge < -0.3 is 4.74 Å². The molecule has 0 fully saturated rings. The molecule has 0 radical (unpaired) electrons. The summed E-state index contributed by atoms with van der Waals surface area (Å²) >= 11 is 3.46. The quantitative estimate of drug-likeness (QED) is 0.812. The molecule has 84 valence electrons. The number of ether oxygens (including phenoxy) is 1. The maximum Gasteiger partial charge on any atom is 0.307 e.